The molecule has 0 amide bonds. The van der Waals surface area contributed by atoms with Crippen molar-refractivity contribution in [3.8, 4) is 0 Å². The van der Waals surface area contributed by atoms with Crippen molar-refractivity contribution >= 4 is 55.7 Å². The van der Waals surface area contributed by atoms with Crippen molar-refractivity contribution in [1.82, 2.24) is 0 Å². The van der Waals surface area contributed by atoms with Crippen molar-refractivity contribution in [2.45, 2.75) is 0 Å². The average Bonchev–Trinajstić information content (AvgIpc) is 0.918. The summed E-state index contributed by atoms with van der Waals surface area (Å²) in [5.74, 6) is 0. The minimum absolute atomic E-state index is 0. The van der Waals surface area contributed by atoms with Gasteiger partial charge in [-0.2, -0.15) is 27.0 Å². The Hall–Kier alpha value is 0.920. The van der Waals surface area contributed by atoms with Gasteiger partial charge < -0.3 is 0 Å². The molecule has 0 aliphatic carbocycles. The normalized spacial score (nSPS) is 1.60. The summed E-state index contributed by atoms with van der Waals surface area (Å²) in [6.45, 7) is 0. The predicted octanol–water partition coefficient (Wildman–Crippen LogP) is 1.24. The van der Waals surface area contributed by atoms with Crippen LogP contribution in [0.3, 0.4) is 0 Å². The van der Waals surface area contributed by atoms with E-state index < -0.39 is 0 Å². The summed E-state index contributed by atoms with van der Waals surface area (Å²) >= 11 is 7.92. The zero-order valence-electron chi connectivity index (χ0n) is 2.32. The molecule has 5 heavy (non-hydrogen) atoms. The van der Waals surface area contributed by atoms with E-state index in [2.05, 4.69) is 24.4 Å². The minimum Gasteiger partial charge on any atom is -0.197 e. The molecular weight excluding hydrogens is 140 g/mol. The maximum atomic E-state index is 3.96. The lowest BCUT2D eigenvalue weighted by Gasteiger charge is -0.992. The second-order valence-corrected chi connectivity index (χ2v) is 0.750. The fraction of sp³-hybridized carbons (Fsp3) is 0. The van der Waals surface area contributed by atoms with Gasteiger partial charge in [0.25, 0.3) is 0 Å². The van der Waals surface area contributed by atoms with Gasteiger partial charge in [0.15, 0.2) is 0 Å². The monoisotopic (exact) mass is 144 g/mol. The summed E-state index contributed by atoms with van der Waals surface area (Å²) in [4.78, 5) is 0. The largest absolute Gasteiger partial charge is 0.197 e. The van der Waals surface area contributed by atoms with Crippen LogP contribution < -0.4 is 0 Å². The van der Waals surface area contributed by atoms with Gasteiger partial charge in [-0.15, -0.1) is 0 Å². The van der Waals surface area contributed by atoms with Crippen molar-refractivity contribution < 1.29 is 0 Å². The Morgan fingerprint density at radius 2 is 1.00 bits per heavy atom. The minimum atomic E-state index is 0. The van der Waals surface area contributed by atoms with Gasteiger partial charge in [0.1, 0.15) is 0 Å². The highest BCUT2D eigenvalue weighted by Gasteiger charge is 1.01. The number of hydrogen-bond acceptors (Lipinski definition) is 2. The smallest absolute Gasteiger partial charge is 0.0297 e. The highest BCUT2D eigenvalue weighted by molar-refractivity contribution is 7.93. The van der Waals surface area contributed by atoms with Gasteiger partial charge in [-0.05, 0) is 24.4 Å². The molecule has 0 aromatic rings. The van der Waals surface area contributed by atoms with Gasteiger partial charge in [0.2, 0.25) is 0 Å². The molecule has 0 atom stereocenters. The van der Waals surface area contributed by atoms with Crippen LogP contribution in [0.5, 0.6) is 0 Å². The number of rotatable bonds is 0. The molecule has 32 valence electrons. The van der Waals surface area contributed by atoms with E-state index in [4.69, 9.17) is 0 Å². The molecule has 0 aliphatic heterocycles. The third kappa shape index (κ3) is 49.6. The average molecular weight is 144 g/mol. The Labute approximate surface area is 55.8 Å². The highest BCUT2D eigenvalue weighted by Crippen LogP contribution is 1.29. The molecule has 0 nitrogen and oxygen atoms in total. The third-order valence-corrected chi connectivity index (χ3v) is 0. The fourth-order valence-electron chi connectivity index (χ4n) is 0. The van der Waals surface area contributed by atoms with Gasteiger partial charge in [-0.3, -0.25) is 0 Å². The maximum Gasteiger partial charge on any atom is 0.0297 e. The van der Waals surface area contributed by atoms with E-state index in [-0.39, 0.29) is 27.0 Å². The molecule has 0 N–H and O–H groups in total. The molecule has 0 rings (SSSR count). The zero-order chi connectivity index (χ0) is 2.71. The van der Waals surface area contributed by atoms with Crippen molar-refractivity contribution in [3.05, 3.63) is 0 Å². The summed E-state index contributed by atoms with van der Waals surface area (Å²) in [5, 5.41) is 0. The van der Waals surface area contributed by atoms with E-state index in [1.165, 1.54) is 0 Å². The van der Waals surface area contributed by atoms with Crippen LogP contribution in [0.1, 0.15) is 0 Å². The number of thiocarbonyl (C=S) groups is 2. The standard InChI is InChI=1S/CS2.2H2S/c2-1-3;;/h;2*1H2. The molecule has 0 spiro atoms. The van der Waals surface area contributed by atoms with E-state index in [1.807, 2.05) is 4.31 Å². The van der Waals surface area contributed by atoms with Crippen LogP contribution in [0, 0.1) is 0 Å². The molecular formula is CH4S4. The van der Waals surface area contributed by atoms with Crippen LogP contribution in [-0.4, -0.2) is 4.31 Å². The topological polar surface area (TPSA) is 0 Å². The van der Waals surface area contributed by atoms with Crippen molar-refractivity contribution in [2.24, 2.45) is 0 Å². The summed E-state index contributed by atoms with van der Waals surface area (Å²) in [7, 11) is 0. The summed E-state index contributed by atoms with van der Waals surface area (Å²) in [6, 6.07) is 0. The first-order chi connectivity index (χ1) is 1.41. The molecule has 0 aliphatic rings. The maximum absolute atomic E-state index is 3.96. The van der Waals surface area contributed by atoms with Crippen LogP contribution in [0.15, 0.2) is 0 Å². The van der Waals surface area contributed by atoms with E-state index in [0.717, 1.165) is 0 Å². The van der Waals surface area contributed by atoms with Crippen LogP contribution in [0.25, 0.3) is 0 Å². The Balaban J connectivity index is -0.0000000200. The van der Waals surface area contributed by atoms with Gasteiger partial charge in [0, 0.05) is 4.31 Å². The van der Waals surface area contributed by atoms with Crippen molar-refractivity contribution in [2.75, 3.05) is 0 Å². The summed E-state index contributed by atoms with van der Waals surface area (Å²) in [6.07, 6.45) is 0. The summed E-state index contributed by atoms with van der Waals surface area (Å²) in [5.41, 5.74) is 0. The molecule has 0 saturated heterocycles. The molecule has 0 aromatic carbocycles. The number of hydrogen-bond donors (Lipinski definition) is 0. The van der Waals surface area contributed by atoms with Gasteiger partial charge >= 0.3 is 0 Å². The van der Waals surface area contributed by atoms with E-state index in [0.29, 0.717) is 0 Å². The predicted molar refractivity (Wildman–Crippen MR) is 41.0 cm³/mol. The first kappa shape index (κ1) is 16.8. The third-order valence-electron chi connectivity index (χ3n) is 0. The first-order valence-corrected chi connectivity index (χ1v) is 1.22. The highest BCUT2D eigenvalue weighted by atomic mass is 32.1. The Kier molecular flexibility index (Phi) is 68.9. The molecule has 0 aromatic heterocycles. The SMILES string of the molecule is S.S.S=C=S. The molecule has 0 heterocycles. The van der Waals surface area contributed by atoms with Crippen LogP contribution >= 0.6 is 51.4 Å². The second-order valence-electron chi connectivity index (χ2n) is 0.0833. The Morgan fingerprint density at radius 1 is 1.00 bits per heavy atom. The second kappa shape index (κ2) is 20.5. The fourth-order valence-corrected chi connectivity index (χ4v) is 0. The lowest BCUT2D eigenvalue weighted by Crippen LogP contribution is -0.917. The van der Waals surface area contributed by atoms with Gasteiger partial charge in [-0.25, -0.2) is 0 Å². The van der Waals surface area contributed by atoms with Crippen LogP contribution in [-0.2, 0) is 0 Å². The van der Waals surface area contributed by atoms with E-state index >= 15 is 0 Å². The zero-order valence-corrected chi connectivity index (χ0v) is 5.95. The quantitative estimate of drug-likeness (QED) is 0.469. The lowest BCUT2D eigenvalue weighted by atomic mass is 12.0. The molecule has 0 radical (unpaired) electrons. The Morgan fingerprint density at radius 3 is 1.00 bits per heavy atom. The van der Waals surface area contributed by atoms with Crippen molar-refractivity contribution in [3.63, 3.8) is 0 Å². The molecule has 0 bridgehead atoms. The van der Waals surface area contributed by atoms with E-state index in [1.54, 1.807) is 0 Å². The lowest BCUT2D eigenvalue weighted by molar-refractivity contribution is 4.67. The van der Waals surface area contributed by atoms with Gasteiger partial charge in [-0.1, -0.05) is 0 Å². The first-order valence-electron chi connectivity index (χ1n) is 0.408. The summed E-state index contributed by atoms with van der Waals surface area (Å²) < 4.78 is 1.92. The van der Waals surface area contributed by atoms with E-state index in [9.17, 15) is 0 Å². The molecule has 0 fully saturated rings. The molecule has 0 saturated carbocycles. The molecule has 4 heteroatoms. The van der Waals surface area contributed by atoms with Crippen molar-refractivity contribution in [1.29, 1.82) is 0 Å². The molecule has 0 unspecified atom stereocenters. The Bertz CT molecular complexity index is 24.6. The van der Waals surface area contributed by atoms with Gasteiger partial charge in [0.05, 0.1) is 0 Å². The van der Waals surface area contributed by atoms with Crippen LogP contribution in [0.4, 0.5) is 0 Å². The van der Waals surface area contributed by atoms with Crippen LogP contribution in [0.2, 0.25) is 0 Å².